The van der Waals surface area contributed by atoms with Crippen molar-refractivity contribution in [2.24, 2.45) is 11.8 Å². The summed E-state index contributed by atoms with van der Waals surface area (Å²) >= 11 is 0. The summed E-state index contributed by atoms with van der Waals surface area (Å²) < 4.78 is 48.0. The largest absolute Gasteiger partial charge is 0.481 e. The summed E-state index contributed by atoms with van der Waals surface area (Å²) in [5.74, 6) is 0.350. The van der Waals surface area contributed by atoms with Gasteiger partial charge >= 0.3 is 12.1 Å². The number of aliphatic carboxylic acids is 1. The Labute approximate surface area is 232 Å². The summed E-state index contributed by atoms with van der Waals surface area (Å²) in [6.07, 6.45) is 2.76. The zero-order valence-electron chi connectivity index (χ0n) is 24.4. The number of benzene rings is 1. The van der Waals surface area contributed by atoms with Gasteiger partial charge < -0.3 is 20.1 Å². The van der Waals surface area contributed by atoms with Gasteiger partial charge in [-0.25, -0.2) is 15.0 Å². The van der Waals surface area contributed by atoms with Crippen molar-refractivity contribution >= 4 is 33.3 Å². The average Bonchev–Trinajstić information content (AvgIpc) is 3.17. The van der Waals surface area contributed by atoms with Crippen molar-refractivity contribution in [3.63, 3.8) is 0 Å². The summed E-state index contributed by atoms with van der Waals surface area (Å²) in [5.41, 5.74) is 1.17. The van der Waals surface area contributed by atoms with E-state index >= 15 is 0 Å². The number of carboxylic acid groups (broad SMARTS) is 1. The van der Waals surface area contributed by atoms with Crippen LogP contribution in [0.5, 0.6) is 0 Å². The smallest absolute Gasteiger partial charge is 0.434 e. The van der Waals surface area contributed by atoms with Crippen molar-refractivity contribution in [2.75, 3.05) is 54.4 Å². The third-order valence-corrected chi connectivity index (χ3v) is 7.36. The fourth-order valence-electron chi connectivity index (χ4n) is 4.11. The predicted octanol–water partition coefficient (Wildman–Crippen LogP) is 7.01. The lowest BCUT2D eigenvalue weighted by molar-refractivity contribution is -0.141. The van der Waals surface area contributed by atoms with Gasteiger partial charge in [0.2, 0.25) is 5.95 Å². The minimum atomic E-state index is -4.61. The normalized spacial score (nSPS) is 13.7. The van der Waals surface area contributed by atoms with Gasteiger partial charge in [-0.1, -0.05) is 40.7 Å². The fraction of sp³-hybridized carbons (Fsp3) is 0.643. The number of rotatable bonds is 15. The Morgan fingerprint density at radius 2 is 1.74 bits per heavy atom. The SMILES string of the molecule is CC(C)CN(CC(C)C)c1ccc([C@H](C)CC(=O)O)cc1Nc1nc(C(F)(F)F)cn1COCCS(C)(C)C. The number of anilines is 3. The highest BCUT2D eigenvalue weighted by Crippen LogP contribution is 2.36. The van der Waals surface area contributed by atoms with Crippen LogP contribution in [0, 0.1) is 11.8 Å². The molecular formula is C28H45F3N4O3S. The highest BCUT2D eigenvalue weighted by Gasteiger charge is 2.35. The van der Waals surface area contributed by atoms with E-state index in [0.717, 1.165) is 36.3 Å². The Morgan fingerprint density at radius 1 is 1.13 bits per heavy atom. The molecule has 2 N–H and O–H groups in total. The van der Waals surface area contributed by atoms with Crippen LogP contribution in [0.3, 0.4) is 0 Å². The Bertz CT molecular complexity index is 1070. The molecular weight excluding hydrogens is 529 g/mol. The molecule has 1 aromatic carbocycles. The van der Waals surface area contributed by atoms with Crippen molar-refractivity contribution in [3.05, 3.63) is 35.7 Å². The Balaban J connectivity index is 2.53. The Morgan fingerprint density at radius 3 is 2.26 bits per heavy atom. The molecule has 0 spiro atoms. The molecule has 11 heteroatoms. The van der Waals surface area contributed by atoms with E-state index in [0.29, 0.717) is 24.1 Å². The molecule has 0 fully saturated rings. The monoisotopic (exact) mass is 574 g/mol. The molecule has 222 valence electrons. The molecule has 0 unspecified atom stereocenters. The van der Waals surface area contributed by atoms with Gasteiger partial charge in [-0.15, -0.1) is 0 Å². The van der Waals surface area contributed by atoms with Gasteiger partial charge in [-0.3, -0.25) is 9.36 Å². The van der Waals surface area contributed by atoms with Crippen LogP contribution < -0.4 is 10.2 Å². The molecule has 0 saturated carbocycles. The van der Waals surface area contributed by atoms with Crippen LogP contribution in [0.4, 0.5) is 30.5 Å². The number of halogens is 3. The number of hydrogen-bond acceptors (Lipinski definition) is 5. The zero-order valence-corrected chi connectivity index (χ0v) is 25.2. The first-order chi connectivity index (χ1) is 18.0. The molecule has 1 aromatic heterocycles. The molecule has 1 atom stereocenters. The van der Waals surface area contributed by atoms with Crippen LogP contribution in [-0.4, -0.2) is 64.8 Å². The van der Waals surface area contributed by atoms with Gasteiger partial charge in [0, 0.05) is 25.0 Å². The standard InChI is InChI=1S/C28H45F3N4O3S/c1-19(2)15-34(16-20(3)4)24-10-9-22(21(5)13-26(36)37)14-23(24)32-27-33-25(28(29,30)31)17-35(27)18-38-11-12-39(6,7)8/h9-10,14,17,19-21H,11-13,15-16,18H2,1-8H3,(H,32,33)(H,36,37)/t21-/m1/s1. The molecule has 39 heavy (non-hydrogen) atoms. The molecule has 0 saturated heterocycles. The second-order valence-electron chi connectivity index (χ2n) is 11.8. The minimum Gasteiger partial charge on any atom is -0.481 e. The number of alkyl halides is 3. The van der Waals surface area contributed by atoms with Gasteiger partial charge in [-0.05, 0) is 54.2 Å². The lowest BCUT2D eigenvalue weighted by Gasteiger charge is -2.31. The number of imidazole rings is 1. The van der Waals surface area contributed by atoms with Crippen molar-refractivity contribution in [3.8, 4) is 0 Å². The van der Waals surface area contributed by atoms with Crippen molar-refractivity contribution in [2.45, 2.75) is 59.9 Å². The second kappa shape index (κ2) is 13.8. The van der Waals surface area contributed by atoms with Crippen LogP contribution in [0.15, 0.2) is 24.4 Å². The minimum absolute atomic E-state index is 0.0174. The molecule has 0 amide bonds. The van der Waals surface area contributed by atoms with Gasteiger partial charge in [0.1, 0.15) is 6.73 Å². The summed E-state index contributed by atoms with van der Waals surface area (Å²) in [7, 11) is -0.805. The maximum absolute atomic E-state index is 13.6. The second-order valence-corrected chi connectivity index (χ2v) is 16.4. The van der Waals surface area contributed by atoms with E-state index in [2.05, 4.69) is 61.7 Å². The summed E-state index contributed by atoms with van der Waals surface area (Å²) in [6, 6.07) is 5.64. The molecule has 0 radical (unpaired) electrons. The summed E-state index contributed by atoms with van der Waals surface area (Å²) in [4.78, 5) is 17.5. The van der Waals surface area contributed by atoms with E-state index in [-0.39, 0.29) is 25.0 Å². The summed E-state index contributed by atoms with van der Waals surface area (Å²) in [6.45, 7) is 12.1. The number of carbonyl (C=O) groups is 1. The van der Waals surface area contributed by atoms with Crippen LogP contribution in [0.1, 0.15) is 58.2 Å². The van der Waals surface area contributed by atoms with Crippen LogP contribution >= 0.6 is 10.0 Å². The number of nitrogens with one attached hydrogen (secondary N) is 1. The first-order valence-electron chi connectivity index (χ1n) is 13.2. The molecule has 0 aliphatic carbocycles. The number of nitrogens with zero attached hydrogens (tertiary/aromatic N) is 3. The number of ether oxygens (including phenoxy) is 1. The van der Waals surface area contributed by atoms with E-state index < -0.39 is 27.9 Å². The highest BCUT2D eigenvalue weighted by molar-refractivity contribution is 8.32. The third kappa shape index (κ3) is 10.9. The van der Waals surface area contributed by atoms with Crippen molar-refractivity contribution in [1.82, 2.24) is 9.55 Å². The van der Waals surface area contributed by atoms with Crippen LogP contribution in [0.25, 0.3) is 0 Å². The molecule has 0 bridgehead atoms. The Kier molecular flexibility index (Phi) is 11.6. The summed E-state index contributed by atoms with van der Waals surface area (Å²) in [5, 5.41) is 12.5. The van der Waals surface area contributed by atoms with E-state index in [4.69, 9.17) is 4.74 Å². The van der Waals surface area contributed by atoms with E-state index in [1.165, 1.54) is 4.57 Å². The average molecular weight is 575 g/mol. The lowest BCUT2D eigenvalue weighted by atomic mass is 9.96. The van der Waals surface area contributed by atoms with Crippen molar-refractivity contribution in [1.29, 1.82) is 0 Å². The van der Waals surface area contributed by atoms with E-state index in [1.807, 2.05) is 25.1 Å². The van der Waals surface area contributed by atoms with E-state index in [9.17, 15) is 23.1 Å². The molecule has 2 rings (SSSR count). The first kappa shape index (κ1) is 32.8. The Hall–Kier alpha value is -2.40. The van der Waals surface area contributed by atoms with Gasteiger partial charge in [-0.2, -0.15) is 13.2 Å². The lowest BCUT2D eigenvalue weighted by Crippen LogP contribution is -2.32. The molecule has 0 aliphatic heterocycles. The van der Waals surface area contributed by atoms with Crippen LogP contribution in [0.2, 0.25) is 0 Å². The number of carboxylic acids is 1. The first-order valence-corrected chi connectivity index (χ1v) is 16.2. The van der Waals surface area contributed by atoms with Crippen molar-refractivity contribution < 1.29 is 27.8 Å². The van der Waals surface area contributed by atoms with Crippen LogP contribution in [-0.2, 0) is 22.4 Å². The van der Waals surface area contributed by atoms with E-state index in [1.54, 1.807) is 0 Å². The third-order valence-electron chi connectivity index (χ3n) is 5.97. The molecule has 7 nitrogen and oxygen atoms in total. The highest BCUT2D eigenvalue weighted by atomic mass is 32.3. The molecule has 0 aliphatic rings. The predicted molar refractivity (Wildman–Crippen MR) is 156 cm³/mol. The molecule has 2 aromatic rings. The van der Waals surface area contributed by atoms with Gasteiger partial charge in [0.05, 0.1) is 24.4 Å². The van der Waals surface area contributed by atoms with Gasteiger partial charge in [0.25, 0.3) is 0 Å². The number of aromatic nitrogens is 2. The zero-order chi connectivity index (χ0) is 29.5. The maximum Gasteiger partial charge on any atom is 0.434 e. The molecule has 1 heterocycles. The van der Waals surface area contributed by atoms with Gasteiger partial charge in [0.15, 0.2) is 5.69 Å². The maximum atomic E-state index is 13.6. The fourth-order valence-corrected chi connectivity index (χ4v) is 4.73. The number of hydrogen-bond donors (Lipinski definition) is 2. The topological polar surface area (TPSA) is 79.6 Å². The quantitative estimate of drug-likeness (QED) is 0.223.